The monoisotopic (exact) mass is 596 g/mol. The molecule has 3 aromatic rings. The van der Waals surface area contributed by atoms with E-state index in [2.05, 4.69) is 20.3 Å². The van der Waals surface area contributed by atoms with E-state index in [1.54, 1.807) is 45.2 Å². The third-order valence-corrected chi connectivity index (χ3v) is 6.50. The molecule has 2 aromatic heterocycles. The number of nitrogens with zero attached hydrogens (tertiary/aromatic N) is 4. The Hall–Kier alpha value is -4.23. The summed E-state index contributed by atoms with van der Waals surface area (Å²) < 4.78 is 81.0. The van der Waals surface area contributed by atoms with Crippen molar-refractivity contribution in [1.29, 1.82) is 0 Å². The normalized spacial score (nSPS) is 13.8. The van der Waals surface area contributed by atoms with E-state index in [9.17, 15) is 35.9 Å². The molecule has 8 nitrogen and oxygen atoms in total. The van der Waals surface area contributed by atoms with Gasteiger partial charge in [-0.3, -0.25) is 14.6 Å². The number of hydrogen-bond donors (Lipinski definition) is 2. The van der Waals surface area contributed by atoms with Gasteiger partial charge in [0.1, 0.15) is 5.57 Å². The number of benzene rings is 1. The van der Waals surface area contributed by atoms with Gasteiger partial charge in [0.25, 0.3) is 11.5 Å². The molecule has 1 amide bonds. The molecule has 14 heteroatoms. The molecule has 2 heterocycles. The van der Waals surface area contributed by atoms with Crippen molar-refractivity contribution in [3.8, 4) is 11.4 Å². The number of allylic oxidation sites excluding steroid dienone is 1. The van der Waals surface area contributed by atoms with E-state index in [0.29, 0.717) is 47.1 Å². The topological polar surface area (TPSA) is 101 Å². The van der Waals surface area contributed by atoms with Gasteiger partial charge in [0.2, 0.25) is 0 Å². The van der Waals surface area contributed by atoms with Crippen LogP contribution < -0.4 is 16.2 Å². The zero-order valence-electron chi connectivity index (χ0n) is 23.3. The van der Waals surface area contributed by atoms with E-state index in [-0.39, 0.29) is 24.5 Å². The van der Waals surface area contributed by atoms with Crippen LogP contribution >= 0.6 is 0 Å². The van der Waals surface area contributed by atoms with Crippen LogP contribution in [0.3, 0.4) is 0 Å². The molecule has 0 spiro atoms. The standard InChI is InChI=1S/C28H30F6N6O2/c1-5-36-15-22(23(25(41)35-4)28(32,33)34)39-16(2)7-6-11-40-12-10-19-17(3)20(8-9-21(19)26(40)42)24-37-13-18(14-38-24)27(29,30)31/h8-10,12-16,39H,5-7,11H2,1-4H3,(H,35,41)/b23-22-,36-15-/t16-/m0/s1. The number of likely N-dealkylation sites (N-methyl/N-ethyl adjacent to an activating group) is 1. The Balaban J connectivity index is 1.77. The van der Waals surface area contributed by atoms with Crippen LogP contribution in [-0.2, 0) is 17.5 Å². The first-order valence-corrected chi connectivity index (χ1v) is 13.0. The molecule has 1 aromatic carbocycles. The fraction of sp³-hybridized carbons (Fsp3) is 0.393. The largest absolute Gasteiger partial charge is 0.423 e. The summed E-state index contributed by atoms with van der Waals surface area (Å²) in [7, 11) is 1.11. The smallest absolute Gasteiger partial charge is 0.381 e. The summed E-state index contributed by atoms with van der Waals surface area (Å²) in [5.74, 6) is -1.19. The summed E-state index contributed by atoms with van der Waals surface area (Å²) in [6.45, 7) is 5.53. The molecule has 0 aliphatic heterocycles. The third kappa shape index (κ3) is 7.53. The number of halogens is 6. The Kier molecular flexibility index (Phi) is 10.1. The van der Waals surface area contributed by atoms with Crippen LogP contribution in [0.25, 0.3) is 22.2 Å². The number of aliphatic imine (C=N–C) groups is 1. The quantitative estimate of drug-likeness (QED) is 0.191. The third-order valence-electron chi connectivity index (χ3n) is 6.50. The predicted octanol–water partition coefficient (Wildman–Crippen LogP) is 5.20. The maximum atomic E-state index is 13.6. The molecule has 226 valence electrons. The minimum Gasteiger partial charge on any atom is -0.381 e. The second kappa shape index (κ2) is 13.2. The van der Waals surface area contributed by atoms with E-state index in [1.165, 1.54) is 4.57 Å². The minimum atomic E-state index is -4.91. The number of fused-ring (bicyclic) bond motifs is 1. The van der Waals surface area contributed by atoms with Crippen molar-refractivity contribution in [2.24, 2.45) is 4.99 Å². The van der Waals surface area contributed by atoms with E-state index in [4.69, 9.17) is 0 Å². The van der Waals surface area contributed by atoms with Gasteiger partial charge in [0, 0.05) is 61.9 Å². The van der Waals surface area contributed by atoms with Crippen LogP contribution in [0.2, 0.25) is 0 Å². The average Bonchev–Trinajstić information content (AvgIpc) is 2.92. The summed E-state index contributed by atoms with van der Waals surface area (Å²) in [6.07, 6.45) is -4.68. The van der Waals surface area contributed by atoms with Gasteiger partial charge in [-0.05, 0) is 56.7 Å². The van der Waals surface area contributed by atoms with Gasteiger partial charge < -0.3 is 15.2 Å². The summed E-state index contributed by atoms with van der Waals surface area (Å²) in [4.78, 5) is 36.7. The maximum absolute atomic E-state index is 13.6. The van der Waals surface area contributed by atoms with E-state index in [0.717, 1.165) is 13.3 Å². The van der Waals surface area contributed by atoms with E-state index < -0.39 is 41.1 Å². The molecule has 0 unspecified atom stereocenters. The van der Waals surface area contributed by atoms with Gasteiger partial charge in [-0.1, -0.05) is 6.07 Å². The molecular formula is C28H30F6N6O2. The lowest BCUT2D eigenvalue weighted by molar-refractivity contribution is -0.138. The van der Waals surface area contributed by atoms with Crippen molar-refractivity contribution in [3.05, 3.63) is 69.5 Å². The highest BCUT2D eigenvalue weighted by molar-refractivity contribution is 6.00. The number of aromatic nitrogens is 3. The van der Waals surface area contributed by atoms with Crippen LogP contribution in [0.5, 0.6) is 0 Å². The molecular weight excluding hydrogens is 566 g/mol. The number of alkyl halides is 6. The summed E-state index contributed by atoms with van der Waals surface area (Å²) >= 11 is 0. The first-order chi connectivity index (χ1) is 19.7. The summed E-state index contributed by atoms with van der Waals surface area (Å²) in [5.41, 5.74) is -1.98. The van der Waals surface area contributed by atoms with Gasteiger partial charge in [0.15, 0.2) is 5.82 Å². The first kappa shape index (κ1) is 32.3. The Morgan fingerprint density at radius 1 is 1.10 bits per heavy atom. The second-order valence-corrected chi connectivity index (χ2v) is 9.49. The first-order valence-electron chi connectivity index (χ1n) is 13.0. The van der Waals surface area contributed by atoms with Crippen LogP contribution in [0, 0.1) is 6.92 Å². The summed E-state index contributed by atoms with van der Waals surface area (Å²) in [5, 5.41) is 5.72. The molecule has 0 saturated heterocycles. The lowest BCUT2D eigenvalue weighted by Crippen LogP contribution is -2.36. The molecule has 1 atom stereocenters. The Bertz CT molecular complexity index is 1540. The molecule has 42 heavy (non-hydrogen) atoms. The molecule has 0 fully saturated rings. The lowest BCUT2D eigenvalue weighted by atomic mass is 10.0. The highest BCUT2D eigenvalue weighted by Gasteiger charge is 2.41. The number of amides is 1. The van der Waals surface area contributed by atoms with Crippen LogP contribution in [0.4, 0.5) is 26.3 Å². The fourth-order valence-corrected chi connectivity index (χ4v) is 4.34. The van der Waals surface area contributed by atoms with Gasteiger partial charge >= 0.3 is 12.4 Å². The molecule has 0 radical (unpaired) electrons. The maximum Gasteiger partial charge on any atom is 0.423 e. The zero-order chi connectivity index (χ0) is 31.2. The number of nitrogens with one attached hydrogen (secondary N) is 2. The van der Waals surface area contributed by atoms with Crippen LogP contribution in [-0.4, -0.2) is 52.5 Å². The van der Waals surface area contributed by atoms with Gasteiger partial charge in [0.05, 0.1) is 11.3 Å². The molecule has 0 bridgehead atoms. The molecule has 0 aliphatic rings. The number of carbonyl (C=O) groups excluding carboxylic acids is 1. The number of carbonyl (C=O) groups is 1. The predicted molar refractivity (Wildman–Crippen MR) is 147 cm³/mol. The van der Waals surface area contributed by atoms with Crippen LogP contribution in [0.15, 0.2) is 57.8 Å². The van der Waals surface area contributed by atoms with Crippen LogP contribution in [0.1, 0.15) is 37.8 Å². The van der Waals surface area contributed by atoms with Crippen molar-refractivity contribution in [2.75, 3.05) is 13.6 Å². The number of aryl methyl sites for hydroxylation is 2. The van der Waals surface area contributed by atoms with Gasteiger partial charge in [-0.2, -0.15) is 26.3 Å². The van der Waals surface area contributed by atoms with E-state index >= 15 is 0 Å². The Morgan fingerprint density at radius 2 is 1.76 bits per heavy atom. The van der Waals surface area contributed by atoms with Crippen molar-refractivity contribution in [2.45, 2.75) is 58.6 Å². The van der Waals surface area contributed by atoms with Gasteiger partial charge in [-0.25, -0.2) is 9.97 Å². The molecule has 0 aliphatic carbocycles. The van der Waals surface area contributed by atoms with E-state index in [1.807, 2.05) is 5.32 Å². The minimum absolute atomic E-state index is 0.0931. The van der Waals surface area contributed by atoms with Crippen molar-refractivity contribution in [3.63, 3.8) is 0 Å². The number of pyridine rings is 1. The number of hydrogen-bond acceptors (Lipinski definition) is 6. The molecule has 2 N–H and O–H groups in total. The van der Waals surface area contributed by atoms with Crippen molar-refractivity contribution < 1.29 is 31.1 Å². The highest BCUT2D eigenvalue weighted by Crippen LogP contribution is 2.31. The average molecular weight is 597 g/mol. The SMILES string of the molecule is CC/N=C\C(N[C@@H](C)CCCn1ccc2c(C)c(-c3ncc(C(F)(F)F)cn3)ccc2c1=O)=C(/C(=O)NC)C(F)(F)F. The van der Waals surface area contributed by atoms with Crippen molar-refractivity contribution in [1.82, 2.24) is 25.2 Å². The van der Waals surface area contributed by atoms with Gasteiger partial charge in [-0.15, -0.1) is 0 Å². The lowest BCUT2D eigenvalue weighted by Gasteiger charge is -2.20. The van der Waals surface area contributed by atoms with Crippen molar-refractivity contribution >= 4 is 22.9 Å². The molecule has 0 saturated carbocycles. The Morgan fingerprint density at radius 3 is 2.33 bits per heavy atom. The Labute approximate surface area is 237 Å². The highest BCUT2D eigenvalue weighted by atomic mass is 19.4. The zero-order valence-corrected chi connectivity index (χ0v) is 23.3. The second-order valence-electron chi connectivity index (χ2n) is 9.49. The fourth-order valence-electron chi connectivity index (χ4n) is 4.34. The molecule has 3 rings (SSSR count). The summed E-state index contributed by atoms with van der Waals surface area (Å²) in [6, 6.07) is 4.36. The number of rotatable bonds is 10.